The number of rotatable bonds is 4. The lowest BCUT2D eigenvalue weighted by molar-refractivity contribution is 0.205. The monoisotopic (exact) mass is 340 g/mol. The predicted molar refractivity (Wildman–Crippen MR) is 95.2 cm³/mol. The molecule has 0 aliphatic heterocycles. The molecule has 6 nitrogen and oxygen atoms in total. The van der Waals surface area contributed by atoms with E-state index in [2.05, 4.69) is 9.97 Å². The number of aryl methyl sites for hydroxylation is 3. The Morgan fingerprint density at radius 1 is 1.24 bits per heavy atom. The summed E-state index contributed by atoms with van der Waals surface area (Å²) in [5.41, 5.74) is 2.91. The van der Waals surface area contributed by atoms with Gasteiger partial charge in [0.25, 0.3) is 11.6 Å². The topological polar surface area (TPSA) is 85.2 Å². The van der Waals surface area contributed by atoms with Crippen LogP contribution in [-0.4, -0.2) is 9.97 Å². The molecule has 6 heteroatoms. The number of benzene rings is 1. The third-order valence-electron chi connectivity index (χ3n) is 4.29. The standard InChI is InChI=1S/C19H20N2O4/c1-5-13-9-14(22)25-18-16(13)17(23)20-19(21-18)24-12(4)15-10(2)7-6-8-11(15)3/h6-9,12H,5H2,1-4H3,(H,20,21,23)/t12-/m0/s1. The largest absolute Gasteiger partial charge is 0.457 e. The number of fused-ring (bicyclic) bond motifs is 1. The van der Waals surface area contributed by atoms with Gasteiger partial charge in [-0.1, -0.05) is 25.1 Å². The Kier molecular flexibility index (Phi) is 4.44. The van der Waals surface area contributed by atoms with Gasteiger partial charge in [-0.2, -0.15) is 4.98 Å². The Bertz CT molecular complexity index is 1030. The van der Waals surface area contributed by atoms with Crippen molar-refractivity contribution < 1.29 is 9.15 Å². The second-order valence-corrected chi connectivity index (χ2v) is 6.06. The van der Waals surface area contributed by atoms with E-state index in [-0.39, 0.29) is 28.8 Å². The number of nitrogens with zero attached hydrogens (tertiary/aromatic N) is 1. The Balaban J connectivity index is 2.06. The van der Waals surface area contributed by atoms with Gasteiger partial charge in [-0.05, 0) is 49.4 Å². The maximum Gasteiger partial charge on any atom is 0.337 e. The summed E-state index contributed by atoms with van der Waals surface area (Å²) in [5.74, 6) is 0. The van der Waals surface area contributed by atoms with Crippen LogP contribution in [0.4, 0.5) is 0 Å². The smallest absolute Gasteiger partial charge is 0.337 e. The summed E-state index contributed by atoms with van der Waals surface area (Å²) >= 11 is 0. The molecule has 0 saturated carbocycles. The minimum absolute atomic E-state index is 0.00296. The van der Waals surface area contributed by atoms with Crippen molar-refractivity contribution in [2.45, 2.75) is 40.2 Å². The van der Waals surface area contributed by atoms with Gasteiger partial charge in [0.05, 0.1) is 0 Å². The first-order valence-corrected chi connectivity index (χ1v) is 8.20. The van der Waals surface area contributed by atoms with E-state index in [1.807, 2.05) is 45.9 Å². The highest BCUT2D eigenvalue weighted by Crippen LogP contribution is 2.25. The number of ether oxygens (including phenoxy) is 1. The molecule has 0 radical (unpaired) electrons. The van der Waals surface area contributed by atoms with Crippen LogP contribution in [0.2, 0.25) is 0 Å². The van der Waals surface area contributed by atoms with Crippen molar-refractivity contribution in [1.82, 2.24) is 9.97 Å². The van der Waals surface area contributed by atoms with Crippen LogP contribution in [0.15, 0.2) is 38.3 Å². The molecule has 2 aromatic heterocycles. The number of nitrogens with one attached hydrogen (secondary N) is 1. The summed E-state index contributed by atoms with van der Waals surface area (Å²) in [6.45, 7) is 7.76. The highest BCUT2D eigenvalue weighted by Gasteiger charge is 2.17. The van der Waals surface area contributed by atoms with Gasteiger partial charge in [-0.3, -0.25) is 9.78 Å². The first kappa shape index (κ1) is 17.0. The molecule has 3 rings (SSSR count). The van der Waals surface area contributed by atoms with E-state index in [0.29, 0.717) is 12.0 Å². The van der Waals surface area contributed by atoms with Crippen LogP contribution in [-0.2, 0) is 6.42 Å². The van der Waals surface area contributed by atoms with Gasteiger partial charge >= 0.3 is 5.63 Å². The zero-order valence-electron chi connectivity index (χ0n) is 14.7. The SMILES string of the molecule is CCc1cc(=O)oc2nc(O[C@@H](C)c3c(C)cccc3C)[nH]c(=O)c12. The normalized spacial score (nSPS) is 12.3. The molecule has 0 amide bonds. The van der Waals surface area contributed by atoms with Crippen LogP contribution in [0.25, 0.3) is 11.1 Å². The molecule has 25 heavy (non-hydrogen) atoms. The van der Waals surface area contributed by atoms with Gasteiger partial charge < -0.3 is 9.15 Å². The van der Waals surface area contributed by atoms with E-state index >= 15 is 0 Å². The van der Waals surface area contributed by atoms with Crippen molar-refractivity contribution in [3.63, 3.8) is 0 Å². The fourth-order valence-corrected chi connectivity index (χ4v) is 3.16. The maximum absolute atomic E-state index is 12.4. The van der Waals surface area contributed by atoms with E-state index in [1.165, 1.54) is 6.07 Å². The molecule has 0 aliphatic rings. The Labute approximate surface area is 144 Å². The van der Waals surface area contributed by atoms with Crippen molar-refractivity contribution in [2.75, 3.05) is 0 Å². The molecule has 3 aromatic rings. The van der Waals surface area contributed by atoms with Gasteiger partial charge in [0.15, 0.2) is 0 Å². The zero-order chi connectivity index (χ0) is 18.1. The minimum Gasteiger partial charge on any atom is -0.457 e. The molecular formula is C19H20N2O4. The van der Waals surface area contributed by atoms with Gasteiger partial charge in [-0.15, -0.1) is 0 Å². The molecule has 1 N–H and O–H groups in total. The van der Waals surface area contributed by atoms with Crippen LogP contribution < -0.4 is 15.9 Å². The van der Waals surface area contributed by atoms with Crippen molar-refractivity contribution in [3.8, 4) is 6.01 Å². The molecule has 130 valence electrons. The first-order valence-electron chi connectivity index (χ1n) is 8.20. The van der Waals surface area contributed by atoms with Gasteiger partial charge in [0.1, 0.15) is 11.5 Å². The van der Waals surface area contributed by atoms with Gasteiger partial charge in [0.2, 0.25) is 5.71 Å². The second-order valence-electron chi connectivity index (χ2n) is 6.06. The number of hydrogen-bond donors (Lipinski definition) is 1. The summed E-state index contributed by atoms with van der Waals surface area (Å²) < 4.78 is 10.9. The van der Waals surface area contributed by atoms with E-state index in [4.69, 9.17) is 9.15 Å². The van der Waals surface area contributed by atoms with Crippen LogP contribution in [0.3, 0.4) is 0 Å². The zero-order valence-corrected chi connectivity index (χ0v) is 14.7. The van der Waals surface area contributed by atoms with E-state index in [1.54, 1.807) is 0 Å². The summed E-state index contributed by atoms with van der Waals surface area (Å²) in [7, 11) is 0. The van der Waals surface area contributed by atoms with Gasteiger partial charge in [-0.25, -0.2) is 4.79 Å². The van der Waals surface area contributed by atoms with E-state index in [0.717, 1.165) is 16.7 Å². The molecule has 1 aromatic carbocycles. The van der Waals surface area contributed by atoms with Crippen molar-refractivity contribution in [3.05, 3.63) is 67.3 Å². The Morgan fingerprint density at radius 2 is 1.92 bits per heavy atom. The quantitative estimate of drug-likeness (QED) is 0.788. The highest BCUT2D eigenvalue weighted by atomic mass is 16.5. The molecular weight excluding hydrogens is 320 g/mol. The molecule has 1 atom stereocenters. The third-order valence-corrected chi connectivity index (χ3v) is 4.29. The van der Waals surface area contributed by atoms with Crippen molar-refractivity contribution >= 4 is 11.1 Å². The Morgan fingerprint density at radius 3 is 2.56 bits per heavy atom. The summed E-state index contributed by atoms with van der Waals surface area (Å²) in [4.78, 5) is 30.9. The number of aromatic amines is 1. The molecule has 0 unspecified atom stereocenters. The fourth-order valence-electron chi connectivity index (χ4n) is 3.16. The molecule has 0 aliphatic carbocycles. The maximum atomic E-state index is 12.4. The van der Waals surface area contributed by atoms with Gasteiger partial charge in [0, 0.05) is 6.07 Å². The van der Waals surface area contributed by atoms with E-state index in [9.17, 15) is 9.59 Å². The molecule has 0 spiro atoms. The lowest BCUT2D eigenvalue weighted by Crippen LogP contribution is -2.17. The Hall–Kier alpha value is -2.89. The predicted octanol–water partition coefficient (Wildman–Crippen LogP) is 3.20. The highest BCUT2D eigenvalue weighted by molar-refractivity contribution is 5.75. The number of aromatic nitrogens is 2. The average Bonchev–Trinajstić information content (AvgIpc) is 2.53. The summed E-state index contributed by atoms with van der Waals surface area (Å²) in [6.07, 6.45) is 0.217. The van der Waals surface area contributed by atoms with Crippen molar-refractivity contribution in [1.29, 1.82) is 0 Å². The second kappa shape index (κ2) is 6.55. The minimum atomic E-state index is -0.531. The van der Waals surface area contributed by atoms with Crippen LogP contribution >= 0.6 is 0 Å². The van der Waals surface area contributed by atoms with Crippen LogP contribution in [0, 0.1) is 13.8 Å². The summed E-state index contributed by atoms with van der Waals surface area (Å²) in [5, 5.41) is 0.286. The summed E-state index contributed by atoms with van der Waals surface area (Å²) in [6, 6.07) is 7.34. The van der Waals surface area contributed by atoms with Crippen LogP contribution in [0.1, 0.15) is 42.2 Å². The molecule has 2 heterocycles. The number of hydrogen-bond acceptors (Lipinski definition) is 5. The average molecular weight is 340 g/mol. The van der Waals surface area contributed by atoms with E-state index < -0.39 is 5.63 Å². The number of H-pyrrole nitrogens is 1. The third kappa shape index (κ3) is 3.20. The lowest BCUT2D eigenvalue weighted by Gasteiger charge is -2.18. The molecule has 0 saturated heterocycles. The first-order chi connectivity index (χ1) is 11.9. The van der Waals surface area contributed by atoms with Crippen LogP contribution in [0.5, 0.6) is 6.01 Å². The lowest BCUT2D eigenvalue weighted by atomic mass is 9.99. The molecule has 0 bridgehead atoms. The van der Waals surface area contributed by atoms with Crippen molar-refractivity contribution in [2.24, 2.45) is 0 Å². The fraction of sp³-hybridized carbons (Fsp3) is 0.316. The molecule has 0 fully saturated rings.